The van der Waals surface area contributed by atoms with Crippen molar-refractivity contribution in [2.45, 2.75) is 26.4 Å². The summed E-state index contributed by atoms with van der Waals surface area (Å²) >= 11 is 0. The van der Waals surface area contributed by atoms with Gasteiger partial charge in [0, 0.05) is 24.6 Å². The van der Waals surface area contributed by atoms with Crippen LogP contribution >= 0.6 is 0 Å². The fraction of sp³-hybridized carbons (Fsp3) is 0.571. The zero-order valence-corrected chi connectivity index (χ0v) is 11.5. The average molecular weight is 266 g/mol. The maximum atomic E-state index is 5.73. The number of rotatable bonds is 5. The van der Waals surface area contributed by atoms with Crippen molar-refractivity contribution in [2.24, 2.45) is 0 Å². The van der Waals surface area contributed by atoms with Crippen LogP contribution in [0, 0.1) is 0 Å². The molecule has 0 aromatic heterocycles. The summed E-state index contributed by atoms with van der Waals surface area (Å²) in [4.78, 5) is 2.16. The number of benzene rings is 1. The average Bonchev–Trinajstić information content (AvgIpc) is 2.42. The number of nitrogens with two attached hydrogens (primary N) is 1. The number of nitrogen functional groups attached to an aromatic ring is 1. The van der Waals surface area contributed by atoms with E-state index in [-0.39, 0.29) is 12.5 Å². The number of hydrogen-bond acceptors (Lipinski definition) is 5. The third-order valence-corrected chi connectivity index (χ3v) is 3.05. The van der Waals surface area contributed by atoms with Crippen molar-refractivity contribution in [1.82, 2.24) is 0 Å². The Kier molecular flexibility index (Phi) is 5.01. The molecule has 0 aliphatic carbocycles. The minimum atomic E-state index is -0.209. The Balaban J connectivity index is 2.12. The second-order valence-corrected chi connectivity index (χ2v) is 4.37. The summed E-state index contributed by atoms with van der Waals surface area (Å²) in [5.74, 6) is 0. The van der Waals surface area contributed by atoms with E-state index in [0.29, 0.717) is 26.4 Å². The highest BCUT2D eigenvalue weighted by Gasteiger charge is 2.29. The van der Waals surface area contributed by atoms with Crippen molar-refractivity contribution < 1.29 is 14.2 Å². The second-order valence-electron chi connectivity index (χ2n) is 4.37. The molecule has 0 amide bonds. The van der Waals surface area contributed by atoms with E-state index in [1.165, 1.54) is 0 Å². The van der Waals surface area contributed by atoms with E-state index in [4.69, 9.17) is 19.9 Å². The van der Waals surface area contributed by atoms with E-state index in [9.17, 15) is 0 Å². The summed E-state index contributed by atoms with van der Waals surface area (Å²) in [6, 6.07) is 7.78. The molecule has 1 aromatic carbocycles. The fourth-order valence-corrected chi connectivity index (χ4v) is 2.17. The molecule has 2 N–H and O–H groups in total. The number of nitrogens with zero attached hydrogens (tertiary/aromatic N) is 1. The third-order valence-electron chi connectivity index (χ3n) is 3.05. The minimum Gasteiger partial charge on any atom is -0.399 e. The largest absolute Gasteiger partial charge is 0.399 e. The quantitative estimate of drug-likeness (QED) is 0.824. The molecule has 19 heavy (non-hydrogen) atoms. The van der Waals surface area contributed by atoms with Crippen molar-refractivity contribution in [2.75, 3.05) is 37.0 Å². The van der Waals surface area contributed by atoms with E-state index >= 15 is 0 Å². The lowest BCUT2D eigenvalue weighted by atomic mass is 10.2. The van der Waals surface area contributed by atoms with Gasteiger partial charge in [0.05, 0.1) is 13.2 Å². The lowest BCUT2D eigenvalue weighted by Gasteiger charge is -2.40. The maximum Gasteiger partial charge on any atom is 0.175 e. The van der Waals surface area contributed by atoms with Gasteiger partial charge in [0.15, 0.2) is 12.5 Å². The number of ether oxygens (including phenoxy) is 3. The molecule has 1 fully saturated rings. The Labute approximate surface area is 114 Å². The molecule has 106 valence electrons. The van der Waals surface area contributed by atoms with Gasteiger partial charge in [-0.2, -0.15) is 0 Å². The first-order valence-corrected chi connectivity index (χ1v) is 6.71. The number of morpholine rings is 1. The van der Waals surface area contributed by atoms with Crippen LogP contribution in [0.5, 0.6) is 0 Å². The highest BCUT2D eigenvalue weighted by atomic mass is 16.7. The molecule has 2 atom stereocenters. The summed E-state index contributed by atoms with van der Waals surface area (Å²) in [5, 5.41) is 0. The SMILES string of the molecule is CCO[C@@H]1CN(c2ccc(N)cc2)[C@H](OCC)CO1. The summed E-state index contributed by atoms with van der Waals surface area (Å²) in [6.45, 7) is 6.39. The Bertz CT molecular complexity index is 383. The first-order chi connectivity index (χ1) is 9.24. The van der Waals surface area contributed by atoms with Gasteiger partial charge in [-0.25, -0.2) is 0 Å². The molecule has 5 nitrogen and oxygen atoms in total. The third kappa shape index (κ3) is 3.59. The summed E-state index contributed by atoms with van der Waals surface area (Å²) < 4.78 is 16.9. The molecule has 1 aliphatic heterocycles. The van der Waals surface area contributed by atoms with Crippen molar-refractivity contribution >= 4 is 11.4 Å². The van der Waals surface area contributed by atoms with Crippen molar-refractivity contribution in [3.8, 4) is 0 Å². The molecular formula is C14H22N2O3. The molecule has 1 saturated heterocycles. The standard InChI is InChI=1S/C14H22N2O3/c1-3-17-13-10-19-14(18-4-2)9-16(13)12-7-5-11(15)6-8-12/h5-8,13-14H,3-4,9-10,15H2,1-2H3/t13-,14+/m1/s1. The first kappa shape index (κ1) is 14.1. The summed E-state index contributed by atoms with van der Waals surface area (Å²) in [5.41, 5.74) is 7.55. The van der Waals surface area contributed by atoms with Gasteiger partial charge in [-0.05, 0) is 38.1 Å². The molecule has 5 heteroatoms. The molecule has 0 spiro atoms. The first-order valence-electron chi connectivity index (χ1n) is 6.71. The molecule has 0 saturated carbocycles. The van der Waals surface area contributed by atoms with Gasteiger partial charge >= 0.3 is 0 Å². The van der Waals surface area contributed by atoms with E-state index < -0.39 is 0 Å². The van der Waals surface area contributed by atoms with Crippen molar-refractivity contribution in [1.29, 1.82) is 0 Å². The van der Waals surface area contributed by atoms with Crippen LogP contribution in [0.1, 0.15) is 13.8 Å². The molecule has 0 bridgehead atoms. The van der Waals surface area contributed by atoms with Crippen molar-refractivity contribution in [3.63, 3.8) is 0 Å². The zero-order valence-electron chi connectivity index (χ0n) is 11.5. The van der Waals surface area contributed by atoms with Crippen LogP contribution in [0.3, 0.4) is 0 Å². The highest BCUT2D eigenvalue weighted by Crippen LogP contribution is 2.24. The van der Waals surface area contributed by atoms with E-state index in [0.717, 1.165) is 11.4 Å². The normalized spacial score (nSPS) is 23.6. The topological polar surface area (TPSA) is 57.0 Å². The van der Waals surface area contributed by atoms with Gasteiger partial charge in [-0.1, -0.05) is 0 Å². The lowest BCUT2D eigenvalue weighted by Crippen LogP contribution is -2.52. The van der Waals surface area contributed by atoms with Crippen LogP contribution in [0.25, 0.3) is 0 Å². The maximum absolute atomic E-state index is 5.73. The molecule has 2 rings (SSSR count). The predicted molar refractivity (Wildman–Crippen MR) is 75.0 cm³/mol. The van der Waals surface area contributed by atoms with Crippen LogP contribution < -0.4 is 10.6 Å². The van der Waals surface area contributed by atoms with Crippen LogP contribution in [0.2, 0.25) is 0 Å². The zero-order chi connectivity index (χ0) is 13.7. The second kappa shape index (κ2) is 6.75. The van der Waals surface area contributed by atoms with Crippen LogP contribution in [-0.4, -0.2) is 38.9 Å². The fourth-order valence-electron chi connectivity index (χ4n) is 2.17. The monoisotopic (exact) mass is 266 g/mol. The minimum absolute atomic E-state index is 0.0784. The van der Waals surface area contributed by atoms with Crippen LogP contribution in [-0.2, 0) is 14.2 Å². The predicted octanol–water partition coefficient (Wildman–Crippen LogP) is 1.83. The summed E-state index contributed by atoms with van der Waals surface area (Å²) in [6.07, 6.45) is -0.287. The van der Waals surface area contributed by atoms with Crippen molar-refractivity contribution in [3.05, 3.63) is 24.3 Å². The van der Waals surface area contributed by atoms with Crippen LogP contribution in [0.15, 0.2) is 24.3 Å². The van der Waals surface area contributed by atoms with Crippen LogP contribution in [0.4, 0.5) is 11.4 Å². The Morgan fingerprint density at radius 1 is 1.21 bits per heavy atom. The van der Waals surface area contributed by atoms with Gasteiger partial charge in [0.1, 0.15) is 0 Å². The van der Waals surface area contributed by atoms with E-state index in [2.05, 4.69) is 4.90 Å². The molecule has 1 aliphatic rings. The molecular weight excluding hydrogens is 244 g/mol. The molecule has 1 heterocycles. The summed E-state index contributed by atoms with van der Waals surface area (Å²) in [7, 11) is 0. The Hall–Kier alpha value is -1.30. The van der Waals surface area contributed by atoms with Gasteiger partial charge in [-0.3, -0.25) is 0 Å². The van der Waals surface area contributed by atoms with E-state index in [1.54, 1.807) is 0 Å². The van der Waals surface area contributed by atoms with Gasteiger partial charge in [0.2, 0.25) is 0 Å². The lowest BCUT2D eigenvalue weighted by molar-refractivity contribution is -0.179. The van der Waals surface area contributed by atoms with Gasteiger partial charge in [0.25, 0.3) is 0 Å². The van der Waals surface area contributed by atoms with Gasteiger partial charge in [-0.15, -0.1) is 0 Å². The smallest absolute Gasteiger partial charge is 0.175 e. The highest BCUT2D eigenvalue weighted by molar-refractivity contribution is 5.53. The Morgan fingerprint density at radius 3 is 2.53 bits per heavy atom. The number of anilines is 2. The van der Waals surface area contributed by atoms with Gasteiger partial charge < -0.3 is 24.8 Å². The number of hydrogen-bond donors (Lipinski definition) is 1. The Morgan fingerprint density at radius 2 is 1.89 bits per heavy atom. The van der Waals surface area contributed by atoms with E-state index in [1.807, 2.05) is 38.1 Å². The molecule has 0 unspecified atom stereocenters. The molecule has 0 radical (unpaired) electrons. The molecule has 1 aromatic rings.